The third-order valence-electron chi connectivity index (χ3n) is 7.35. The van der Waals surface area contributed by atoms with Gasteiger partial charge in [-0.1, -0.05) is 103 Å². The molecule has 0 aliphatic rings. The van der Waals surface area contributed by atoms with Crippen LogP contribution in [0.25, 0.3) is 0 Å². The number of unbranched alkanes of at least 4 members (excludes halogenated alkanes) is 15. The predicted molar refractivity (Wildman–Crippen MR) is 143 cm³/mol. The molecule has 1 rings (SSSR count). The standard InChI is InChI=1S/C29H51Cl.H3N/c1-6-7-8-9-10-11-12-13-14-15-16-17-18-19-20-21-22-28-24(2)26(4)29(23-30)27(5)25(28)3;/h6-23H2,1-5H3;1H3. The van der Waals surface area contributed by atoms with Crippen molar-refractivity contribution in [2.75, 3.05) is 0 Å². The van der Waals surface area contributed by atoms with Crippen molar-refractivity contribution in [2.24, 2.45) is 0 Å². The fraction of sp³-hybridized carbons (Fsp3) is 0.793. The molecule has 0 unspecified atom stereocenters. The van der Waals surface area contributed by atoms with Crippen LogP contribution in [0.15, 0.2) is 0 Å². The molecule has 0 radical (unpaired) electrons. The minimum atomic E-state index is 0. The molecule has 0 spiro atoms. The van der Waals surface area contributed by atoms with E-state index < -0.39 is 0 Å². The maximum absolute atomic E-state index is 6.18. The van der Waals surface area contributed by atoms with Crippen molar-refractivity contribution in [3.05, 3.63) is 33.4 Å². The average molecular weight is 452 g/mol. The third-order valence-corrected chi connectivity index (χ3v) is 7.62. The van der Waals surface area contributed by atoms with Crippen molar-refractivity contribution in [3.63, 3.8) is 0 Å². The minimum absolute atomic E-state index is 0. The quantitative estimate of drug-likeness (QED) is 0.175. The Labute approximate surface area is 200 Å². The fourth-order valence-corrected chi connectivity index (χ4v) is 5.29. The van der Waals surface area contributed by atoms with Crippen LogP contribution in [0.4, 0.5) is 0 Å². The molecule has 0 aliphatic heterocycles. The van der Waals surface area contributed by atoms with Gasteiger partial charge in [0.1, 0.15) is 0 Å². The Morgan fingerprint density at radius 3 is 1.06 bits per heavy atom. The van der Waals surface area contributed by atoms with Gasteiger partial charge in [-0.3, -0.25) is 0 Å². The SMILES string of the molecule is CCCCCCCCCCCCCCCCCCc1c(C)c(C)c(CCl)c(C)c1C.N. The van der Waals surface area contributed by atoms with Gasteiger partial charge in [-0.15, -0.1) is 11.6 Å². The summed E-state index contributed by atoms with van der Waals surface area (Å²) in [4.78, 5) is 0. The second kappa shape index (κ2) is 19.0. The molecule has 0 atom stereocenters. The van der Waals surface area contributed by atoms with Gasteiger partial charge in [0.05, 0.1) is 0 Å². The van der Waals surface area contributed by atoms with Crippen molar-refractivity contribution >= 4 is 11.6 Å². The maximum atomic E-state index is 6.18. The molecule has 0 aromatic heterocycles. The van der Waals surface area contributed by atoms with Gasteiger partial charge in [-0.2, -0.15) is 0 Å². The smallest absolute Gasteiger partial charge is 0.0479 e. The highest BCUT2D eigenvalue weighted by Crippen LogP contribution is 2.29. The van der Waals surface area contributed by atoms with E-state index in [0.29, 0.717) is 5.88 Å². The second-order valence-electron chi connectivity index (χ2n) is 9.64. The third kappa shape index (κ3) is 11.8. The lowest BCUT2D eigenvalue weighted by Crippen LogP contribution is -2.04. The molecule has 0 saturated carbocycles. The van der Waals surface area contributed by atoms with Gasteiger partial charge in [-0.25, -0.2) is 0 Å². The highest BCUT2D eigenvalue weighted by Gasteiger charge is 2.13. The summed E-state index contributed by atoms with van der Waals surface area (Å²) in [5.74, 6) is 0.638. The highest BCUT2D eigenvalue weighted by molar-refractivity contribution is 6.17. The largest absolute Gasteiger partial charge is 0.344 e. The van der Waals surface area contributed by atoms with E-state index in [1.165, 1.54) is 137 Å². The van der Waals surface area contributed by atoms with E-state index in [-0.39, 0.29) is 6.15 Å². The van der Waals surface area contributed by atoms with Crippen molar-refractivity contribution < 1.29 is 0 Å². The van der Waals surface area contributed by atoms with E-state index in [4.69, 9.17) is 11.6 Å². The Balaban J connectivity index is 0.00000900. The molecule has 0 bridgehead atoms. The lowest BCUT2D eigenvalue weighted by atomic mass is 9.87. The molecular weight excluding hydrogens is 398 g/mol. The van der Waals surface area contributed by atoms with Crippen LogP contribution in [-0.2, 0) is 12.3 Å². The summed E-state index contributed by atoms with van der Waals surface area (Å²) in [5.41, 5.74) is 8.73. The predicted octanol–water partition coefficient (Wildman–Crippen LogP) is 10.6. The molecule has 3 N–H and O–H groups in total. The Morgan fingerprint density at radius 1 is 0.452 bits per heavy atom. The number of benzene rings is 1. The fourth-order valence-electron chi connectivity index (χ4n) is 4.89. The van der Waals surface area contributed by atoms with E-state index >= 15 is 0 Å². The molecule has 0 saturated heterocycles. The van der Waals surface area contributed by atoms with Crippen LogP contribution in [0.3, 0.4) is 0 Å². The van der Waals surface area contributed by atoms with Crippen molar-refractivity contribution in [3.8, 4) is 0 Å². The van der Waals surface area contributed by atoms with Crippen LogP contribution in [0.1, 0.15) is 143 Å². The molecular formula is C29H54ClN. The Hall–Kier alpha value is -0.530. The molecule has 0 fully saturated rings. The monoisotopic (exact) mass is 451 g/mol. The molecule has 1 nitrogen and oxygen atoms in total. The number of alkyl halides is 1. The Kier molecular flexibility index (Phi) is 18.7. The first-order chi connectivity index (χ1) is 14.5. The van der Waals surface area contributed by atoms with Crippen LogP contribution in [0.2, 0.25) is 0 Å². The summed E-state index contributed by atoms with van der Waals surface area (Å²) in [6.07, 6.45) is 24.2. The zero-order chi connectivity index (χ0) is 22.2. The van der Waals surface area contributed by atoms with Gasteiger partial charge in [0, 0.05) is 5.88 Å². The van der Waals surface area contributed by atoms with Gasteiger partial charge in [-0.05, 0) is 73.9 Å². The highest BCUT2D eigenvalue weighted by atomic mass is 35.5. The first-order valence-corrected chi connectivity index (χ1v) is 13.7. The number of halogens is 1. The number of hydrogen-bond acceptors (Lipinski definition) is 1. The topological polar surface area (TPSA) is 35.0 Å². The minimum Gasteiger partial charge on any atom is -0.344 e. The van der Waals surface area contributed by atoms with Crippen LogP contribution in [0, 0.1) is 27.7 Å². The molecule has 0 heterocycles. The van der Waals surface area contributed by atoms with Crippen LogP contribution < -0.4 is 6.15 Å². The molecule has 0 aliphatic carbocycles. The van der Waals surface area contributed by atoms with Crippen LogP contribution >= 0.6 is 11.6 Å². The zero-order valence-corrected chi connectivity index (χ0v) is 22.6. The van der Waals surface area contributed by atoms with Crippen molar-refractivity contribution in [1.82, 2.24) is 6.15 Å². The Bertz CT molecular complexity index is 550. The molecule has 31 heavy (non-hydrogen) atoms. The molecule has 182 valence electrons. The van der Waals surface area contributed by atoms with Gasteiger partial charge >= 0.3 is 0 Å². The van der Waals surface area contributed by atoms with Crippen LogP contribution in [-0.4, -0.2) is 0 Å². The maximum Gasteiger partial charge on any atom is 0.0479 e. The second-order valence-corrected chi connectivity index (χ2v) is 9.91. The Morgan fingerprint density at radius 2 is 0.742 bits per heavy atom. The summed E-state index contributed by atoms with van der Waals surface area (Å²) >= 11 is 6.18. The number of rotatable bonds is 18. The normalized spacial score (nSPS) is 11.0. The van der Waals surface area contributed by atoms with Gasteiger partial charge in [0.15, 0.2) is 0 Å². The van der Waals surface area contributed by atoms with Gasteiger partial charge < -0.3 is 6.15 Å². The van der Waals surface area contributed by atoms with E-state index in [0.717, 1.165) is 0 Å². The van der Waals surface area contributed by atoms with Gasteiger partial charge in [0.25, 0.3) is 0 Å². The lowest BCUT2D eigenvalue weighted by molar-refractivity contribution is 0.529. The van der Waals surface area contributed by atoms with Gasteiger partial charge in [0.2, 0.25) is 0 Å². The number of hydrogen-bond donors (Lipinski definition) is 1. The molecule has 0 amide bonds. The first-order valence-electron chi connectivity index (χ1n) is 13.2. The van der Waals surface area contributed by atoms with E-state index in [1.54, 1.807) is 5.56 Å². The molecule has 2 heteroatoms. The average Bonchev–Trinajstić information content (AvgIpc) is 2.74. The van der Waals surface area contributed by atoms with E-state index in [2.05, 4.69) is 34.6 Å². The first kappa shape index (κ1) is 30.5. The molecule has 1 aromatic rings. The summed E-state index contributed by atoms with van der Waals surface area (Å²) < 4.78 is 0. The zero-order valence-electron chi connectivity index (χ0n) is 21.8. The van der Waals surface area contributed by atoms with Crippen molar-refractivity contribution in [2.45, 2.75) is 150 Å². The summed E-state index contributed by atoms with van der Waals surface area (Å²) in [6.45, 7) is 11.4. The van der Waals surface area contributed by atoms with Crippen molar-refractivity contribution in [1.29, 1.82) is 0 Å². The summed E-state index contributed by atoms with van der Waals surface area (Å²) in [5, 5.41) is 0. The van der Waals surface area contributed by atoms with Crippen LogP contribution in [0.5, 0.6) is 0 Å². The van der Waals surface area contributed by atoms with E-state index in [9.17, 15) is 0 Å². The van der Waals surface area contributed by atoms with E-state index in [1.807, 2.05) is 0 Å². The lowest BCUT2D eigenvalue weighted by Gasteiger charge is -2.19. The summed E-state index contributed by atoms with van der Waals surface area (Å²) in [6, 6.07) is 0. The summed E-state index contributed by atoms with van der Waals surface area (Å²) in [7, 11) is 0. The molecule has 1 aromatic carbocycles.